The van der Waals surface area contributed by atoms with Gasteiger partial charge in [0.25, 0.3) is 0 Å². The topological polar surface area (TPSA) is 93.4 Å². The SMILES string of the molecule is COc1ccc(CN(Cc2ccc(OC)cc2)S(=O)(=O)[C@H](C)[C@@H](O)c2cn3ccccc3n2)cc1. The quantitative estimate of drug-likeness (QED) is 0.360. The molecule has 0 aliphatic rings. The number of benzene rings is 2. The zero-order chi connectivity index (χ0) is 25.0. The van der Waals surface area contributed by atoms with Crippen molar-refractivity contribution in [2.24, 2.45) is 0 Å². The summed E-state index contributed by atoms with van der Waals surface area (Å²) >= 11 is 0. The average Bonchev–Trinajstić information content (AvgIpc) is 3.32. The molecular weight excluding hydrogens is 466 g/mol. The monoisotopic (exact) mass is 495 g/mol. The lowest BCUT2D eigenvalue weighted by Crippen LogP contribution is -2.39. The van der Waals surface area contributed by atoms with E-state index in [0.29, 0.717) is 22.8 Å². The molecular formula is C26H29N3O5S. The normalized spacial score (nSPS) is 13.6. The summed E-state index contributed by atoms with van der Waals surface area (Å²) in [6.07, 6.45) is 2.16. The maximum Gasteiger partial charge on any atom is 0.220 e. The van der Waals surface area contributed by atoms with Crippen LogP contribution in [0.25, 0.3) is 5.65 Å². The van der Waals surface area contributed by atoms with Crippen molar-refractivity contribution in [3.05, 3.63) is 95.9 Å². The molecule has 2 aromatic carbocycles. The van der Waals surface area contributed by atoms with Crippen LogP contribution in [0.5, 0.6) is 11.5 Å². The van der Waals surface area contributed by atoms with Crippen LogP contribution in [-0.4, -0.2) is 46.7 Å². The third kappa shape index (κ3) is 5.48. The second kappa shape index (κ2) is 10.5. The van der Waals surface area contributed by atoms with Crippen molar-refractivity contribution in [2.75, 3.05) is 14.2 Å². The molecule has 35 heavy (non-hydrogen) atoms. The Morgan fingerprint density at radius 3 is 1.94 bits per heavy atom. The van der Waals surface area contributed by atoms with Gasteiger partial charge in [-0.2, -0.15) is 4.31 Å². The highest BCUT2D eigenvalue weighted by Crippen LogP contribution is 2.27. The highest BCUT2D eigenvalue weighted by atomic mass is 32.2. The Hall–Kier alpha value is -3.40. The Morgan fingerprint density at radius 2 is 1.46 bits per heavy atom. The fraction of sp³-hybridized carbons (Fsp3) is 0.269. The van der Waals surface area contributed by atoms with E-state index in [-0.39, 0.29) is 13.1 Å². The maximum absolute atomic E-state index is 13.8. The van der Waals surface area contributed by atoms with Crippen molar-refractivity contribution >= 4 is 15.7 Å². The van der Waals surface area contributed by atoms with E-state index in [4.69, 9.17) is 9.47 Å². The molecule has 8 nitrogen and oxygen atoms in total. The Bertz CT molecular complexity index is 1290. The Labute approximate surface area is 205 Å². The molecule has 0 amide bonds. The molecule has 0 radical (unpaired) electrons. The Morgan fingerprint density at radius 1 is 0.914 bits per heavy atom. The molecule has 0 fully saturated rings. The van der Waals surface area contributed by atoms with Gasteiger partial charge in [-0.05, 0) is 54.4 Å². The van der Waals surface area contributed by atoms with Gasteiger partial charge in [-0.3, -0.25) is 0 Å². The van der Waals surface area contributed by atoms with Crippen molar-refractivity contribution in [3.63, 3.8) is 0 Å². The van der Waals surface area contributed by atoms with Crippen molar-refractivity contribution in [2.45, 2.75) is 31.4 Å². The van der Waals surface area contributed by atoms with Gasteiger partial charge in [-0.1, -0.05) is 30.3 Å². The Kier molecular flexibility index (Phi) is 7.39. The van der Waals surface area contributed by atoms with Crippen LogP contribution >= 0.6 is 0 Å². The number of fused-ring (bicyclic) bond motifs is 1. The fourth-order valence-electron chi connectivity index (χ4n) is 3.84. The van der Waals surface area contributed by atoms with Gasteiger partial charge in [0.15, 0.2) is 0 Å². The van der Waals surface area contributed by atoms with E-state index in [1.54, 1.807) is 61.3 Å². The third-order valence-electron chi connectivity index (χ3n) is 6.00. The predicted molar refractivity (Wildman–Crippen MR) is 134 cm³/mol. The third-order valence-corrected chi connectivity index (χ3v) is 8.17. The van der Waals surface area contributed by atoms with Gasteiger partial charge in [0.05, 0.1) is 19.9 Å². The van der Waals surface area contributed by atoms with Gasteiger partial charge >= 0.3 is 0 Å². The lowest BCUT2D eigenvalue weighted by atomic mass is 10.2. The van der Waals surface area contributed by atoms with E-state index in [0.717, 1.165) is 11.1 Å². The van der Waals surface area contributed by atoms with E-state index in [2.05, 4.69) is 4.98 Å². The summed E-state index contributed by atoms with van der Waals surface area (Å²) in [5, 5.41) is 9.91. The van der Waals surface area contributed by atoms with Crippen LogP contribution in [-0.2, 0) is 23.1 Å². The lowest BCUT2D eigenvalue weighted by Gasteiger charge is -2.28. The molecule has 2 aromatic heterocycles. The van der Waals surface area contributed by atoms with Crippen molar-refractivity contribution < 1.29 is 23.0 Å². The zero-order valence-electron chi connectivity index (χ0n) is 19.9. The van der Waals surface area contributed by atoms with E-state index in [9.17, 15) is 13.5 Å². The molecule has 4 rings (SSSR count). The highest BCUT2D eigenvalue weighted by Gasteiger charge is 2.36. The highest BCUT2D eigenvalue weighted by molar-refractivity contribution is 7.89. The number of hydrogen-bond acceptors (Lipinski definition) is 6. The molecule has 184 valence electrons. The molecule has 9 heteroatoms. The standard InChI is InChI=1S/C26H29N3O5S/c1-19(26(30)24-18-28-15-5-4-6-25(28)27-24)35(31,32)29(16-20-7-11-22(33-2)12-8-20)17-21-9-13-23(34-3)14-10-21/h4-15,18-19,26,30H,16-17H2,1-3H3/t19-,26-/m1/s1. The number of methoxy groups -OCH3 is 2. The first-order valence-electron chi connectivity index (χ1n) is 11.2. The van der Waals surface area contributed by atoms with E-state index in [1.807, 2.05) is 36.4 Å². The van der Waals surface area contributed by atoms with Crippen molar-refractivity contribution in [3.8, 4) is 11.5 Å². The van der Waals surface area contributed by atoms with Crippen LogP contribution in [0.3, 0.4) is 0 Å². The van der Waals surface area contributed by atoms with Crippen LogP contribution < -0.4 is 9.47 Å². The first kappa shape index (κ1) is 24.7. The molecule has 0 spiro atoms. The number of aliphatic hydroxyl groups is 1. The first-order chi connectivity index (χ1) is 16.8. The summed E-state index contributed by atoms with van der Waals surface area (Å²) in [6.45, 7) is 1.79. The number of aromatic nitrogens is 2. The molecule has 0 aliphatic carbocycles. The number of pyridine rings is 1. The van der Waals surface area contributed by atoms with Crippen LogP contribution in [0.1, 0.15) is 29.8 Å². The average molecular weight is 496 g/mol. The van der Waals surface area contributed by atoms with Crippen molar-refractivity contribution in [1.82, 2.24) is 13.7 Å². The molecule has 2 atom stereocenters. The lowest BCUT2D eigenvalue weighted by molar-refractivity contribution is 0.168. The fourth-order valence-corrected chi connectivity index (χ4v) is 5.43. The van der Waals surface area contributed by atoms with Crippen LogP contribution in [0.15, 0.2) is 79.1 Å². The molecule has 0 unspecified atom stereocenters. The summed E-state index contributed by atoms with van der Waals surface area (Å²) < 4.78 is 41.2. The minimum atomic E-state index is -3.94. The molecule has 2 heterocycles. The van der Waals surface area contributed by atoms with Crippen molar-refractivity contribution in [1.29, 1.82) is 0 Å². The second-order valence-electron chi connectivity index (χ2n) is 8.29. The smallest absolute Gasteiger partial charge is 0.220 e. The number of hydrogen-bond donors (Lipinski definition) is 1. The largest absolute Gasteiger partial charge is 0.497 e. The molecule has 1 N–H and O–H groups in total. The number of sulfonamides is 1. The minimum absolute atomic E-state index is 0.139. The van der Waals surface area contributed by atoms with Crippen LogP contribution in [0.4, 0.5) is 0 Å². The minimum Gasteiger partial charge on any atom is -0.497 e. The molecule has 0 saturated carbocycles. The van der Waals surface area contributed by atoms with Crippen LogP contribution in [0.2, 0.25) is 0 Å². The van der Waals surface area contributed by atoms with Gasteiger partial charge in [0.1, 0.15) is 28.5 Å². The molecule has 4 aromatic rings. The summed E-state index contributed by atoms with van der Waals surface area (Å²) in [4.78, 5) is 4.41. The summed E-state index contributed by atoms with van der Waals surface area (Å²) in [7, 11) is -0.780. The van der Waals surface area contributed by atoms with Crippen LogP contribution in [0, 0.1) is 0 Å². The van der Waals surface area contributed by atoms with Gasteiger partial charge in [0.2, 0.25) is 10.0 Å². The zero-order valence-corrected chi connectivity index (χ0v) is 20.7. The Balaban J connectivity index is 1.64. The van der Waals surface area contributed by atoms with E-state index >= 15 is 0 Å². The molecule has 0 aliphatic heterocycles. The van der Waals surface area contributed by atoms with Gasteiger partial charge in [-0.25, -0.2) is 13.4 Å². The van der Waals surface area contributed by atoms with Gasteiger partial charge < -0.3 is 19.0 Å². The number of aliphatic hydroxyl groups excluding tert-OH is 1. The van der Waals surface area contributed by atoms with E-state index < -0.39 is 21.4 Å². The number of ether oxygens (including phenoxy) is 2. The van der Waals surface area contributed by atoms with Gasteiger partial charge in [0, 0.05) is 25.5 Å². The number of nitrogens with zero attached hydrogens (tertiary/aromatic N) is 3. The molecule has 0 saturated heterocycles. The second-order valence-corrected chi connectivity index (χ2v) is 10.6. The molecule has 0 bridgehead atoms. The van der Waals surface area contributed by atoms with E-state index in [1.165, 1.54) is 11.2 Å². The van der Waals surface area contributed by atoms with Gasteiger partial charge in [-0.15, -0.1) is 0 Å². The predicted octanol–water partition coefficient (Wildman–Crippen LogP) is 3.81. The maximum atomic E-state index is 13.8. The number of rotatable bonds is 10. The summed E-state index contributed by atoms with van der Waals surface area (Å²) in [5.41, 5.74) is 2.55. The summed E-state index contributed by atoms with van der Waals surface area (Å²) in [6, 6.07) is 20.0. The summed E-state index contributed by atoms with van der Waals surface area (Å²) in [5.74, 6) is 1.38. The first-order valence-corrected chi connectivity index (χ1v) is 12.7. The number of imidazole rings is 1.